The second-order valence-electron chi connectivity index (χ2n) is 3.53. The standard InChI is InChI=1S/C11H14OS/c1-12-10-4-2-8-3-5-11(13)7-9(8)6-10/h2,4,6,11,13H,3,5,7H2,1H3. The SMILES string of the molecule is COc1ccc2c(c1)CC(S)CC2. The van der Waals surface area contributed by atoms with Gasteiger partial charge in [-0.3, -0.25) is 0 Å². The van der Waals surface area contributed by atoms with E-state index in [-0.39, 0.29) is 0 Å². The number of thiol groups is 1. The first-order chi connectivity index (χ1) is 6.29. The van der Waals surface area contributed by atoms with E-state index in [0.29, 0.717) is 5.25 Å². The first-order valence-corrected chi connectivity index (χ1v) is 5.15. The van der Waals surface area contributed by atoms with Gasteiger partial charge in [-0.1, -0.05) is 6.07 Å². The number of methoxy groups -OCH3 is 1. The van der Waals surface area contributed by atoms with Gasteiger partial charge in [-0.2, -0.15) is 12.6 Å². The number of fused-ring (bicyclic) bond motifs is 1. The third-order valence-electron chi connectivity index (χ3n) is 2.62. The van der Waals surface area contributed by atoms with Crippen LogP contribution in [-0.2, 0) is 12.8 Å². The molecule has 0 spiro atoms. The van der Waals surface area contributed by atoms with Gasteiger partial charge in [-0.05, 0) is 42.5 Å². The lowest BCUT2D eigenvalue weighted by atomic mass is 9.91. The normalized spacial score (nSPS) is 20.9. The summed E-state index contributed by atoms with van der Waals surface area (Å²) < 4.78 is 5.19. The molecule has 0 bridgehead atoms. The number of rotatable bonds is 1. The minimum absolute atomic E-state index is 0.527. The lowest BCUT2D eigenvalue weighted by Crippen LogP contribution is -2.13. The highest BCUT2D eigenvalue weighted by atomic mass is 32.1. The highest BCUT2D eigenvalue weighted by Gasteiger charge is 2.15. The van der Waals surface area contributed by atoms with Gasteiger partial charge in [0.2, 0.25) is 0 Å². The highest BCUT2D eigenvalue weighted by Crippen LogP contribution is 2.27. The van der Waals surface area contributed by atoms with E-state index in [9.17, 15) is 0 Å². The van der Waals surface area contributed by atoms with Crippen LogP contribution in [0.4, 0.5) is 0 Å². The van der Waals surface area contributed by atoms with Crippen molar-refractivity contribution in [3.8, 4) is 5.75 Å². The third kappa shape index (κ3) is 1.83. The lowest BCUT2D eigenvalue weighted by Gasteiger charge is -2.21. The molecule has 0 saturated carbocycles. The second kappa shape index (κ2) is 3.62. The maximum Gasteiger partial charge on any atom is 0.119 e. The molecule has 70 valence electrons. The van der Waals surface area contributed by atoms with Gasteiger partial charge < -0.3 is 4.74 Å². The predicted octanol–water partition coefficient (Wildman–Crippen LogP) is 2.48. The van der Waals surface area contributed by atoms with Crippen molar-refractivity contribution in [2.45, 2.75) is 24.5 Å². The maximum atomic E-state index is 5.19. The zero-order chi connectivity index (χ0) is 9.26. The molecule has 0 amide bonds. The summed E-state index contributed by atoms with van der Waals surface area (Å²) in [6.45, 7) is 0. The van der Waals surface area contributed by atoms with Crippen molar-refractivity contribution in [2.75, 3.05) is 7.11 Å². The largest absolute Gasteiger partial charge is 0.497 e. The fourth-order valence-electron chi connectivity index (χ4n) is 1.84. The maximum absolute atomic E-state index is 5.19. The molecule has 13 heavy (non-hydrogen) atoms. The average molecular weight is 194 g/mol. The van der Waals surface area contributed by atoms with Crippen LogP contribution in [0.3, 0.4) is 0 Å². The van der Waals surface area contributed by atoms with Crippen LogP contribution in [0.2, 0.25) is 0 Å². The van der Waals surface area contributed by atoms with Gasteiger partial charge >= 0.3 is 0 Å². The van der Waals surface area contributed by atoms with Crippen LogP contribution in [0.15, 0.2) is 18.2 Å². The molecular formula is C11H14OS. The van der Waals surface area contributed by atoms with E-state index in [0.717, 1.165) is 18.6 Å². The van der Waals surface area contributed by atoms with Gasteiger partial charge in [0, 0.05) is 5.25 Å². The lowest BCUT2D eigenvalue weighted by molar-refractivity contribution is 0.413. The molecule has 1 aliphatic rings. The van der Waals surface area contributed by atoms with Crippen LogP contribution in [0.25, 0.3) is 0 Å². The van der Waals surface area contributed by atoms with Gasteiger partial charge in [0.15, 0.2) is 0 Å². The number of hydrogen-bond acceptors (Lipinski definition) is 2. The summed E-state index contributed by atoms with van der Waals surface area (Å²) in [5, 5.41) is 0.527. The Balaban J connectivity index is 2.32. The van der Waals surface area contributed by atoms with Gasteiger partial charge in [-0.25, -0.2) is 0 Å². The molecule has 0 radical (unpaired) electrons. The Kier molecular flexibility index (Phi) is 2.49. The Morgan fingerprint density at radius 1 is 1.38 bits per heavy atom. The van der Waals surface area contributed by atoms with Crippen molar-refractivity contribution in [1.29, 1.82) is 0 Å². The molecule has 1 unspecified atom stereocenters. The Hall–Kier alpha value is -0.630. The molecule has 1 aliphatic carbocycles. The molecule has 2 heteroatoms. The van der Waals surface area contributed by atoms with Crippen LogP contribution in [-0.4, -0.2) is 12.4 Å². The Morgan fingerprint density at radius 3 is 3.00 bits per heavy atom. The zero-order valence-corrected chi connectivity index (χ0v) is 8.68. The van der Waals surface area contributed by atoms with E-state index >= 15 is 0 Å². The Morgan fingerprint density at radius 2 is 2.23 bits per heavy atom. The van der Waals surface area contributed by atoms with Crippen molar-refractivity contribution < 1.29 is 4.74 Å². The molecule has 0 heterocycles. The molecule has 1 aromatic carbocycles. The zero-order valence-electron chi connectivity index (χ0n) is 7.79. The summed E-state index contributed by atoms with van der Waals surface area (Å²) in [6.07, 6.45) is 3.44. The molecule has 0 aromatic heterocycles. The van der Waals surface area contributed by atoms with E-state index in [1.807, 2.05) is 6.07 Å². The molecule has 1 atom stereocenters. The van der Waals surface area contributed by atoms with E-state index < -0.39 is 0 Å². The van der Waals surface area contributed by atoms with Gasteiger partial charge in [0.25, 0.3) is 0 Å². The van der Waals surface area contributed by atoms with Crippen LogP contribution in [0.1, 0.15) is 17.5 Å². The highest BCUT2D eigenvalue weighted by molar-refractivity contribution is 7.80. The molecular weight excluding hydrogens is 180 g/mol. The summed E-state index contributed by atoms with van der Waals surface area (Å²) in [5.74, 6) is 0.959. The van der Waals surface area contributed by atoms with E-state index in [1.165, 1.54) is 17.5 Å². The first-order valence-electron chi connectivity index (χ1n) is 4.63. The molecule has 1 nitrogen and oxygen atoms in total. The fraction of sp³-hybridized carbons (Fsp3) is 0.455. The number of ether oxygens (including phenoxy) is 1. The van der Waals surface area contributed by atoms with Crippen molar-refractivity contribution in [3.05, 3.63) is 29.3 Å². The van der Waals surface area contributed by atoms with Crippen LogP contribution in [0, 0.1) is 0 Å². The number of hydrogen-bond donors (Lipinski definition) is 1. The average Bonchev–Trinajstić information content (AvgIpc) is 2.16. The quantitative estimate of drug-likeness (QED) is 0.676. The summed E-state index contributed by atoms with van der Waals surface area (Å²) in [6, 6.07) is 6.35. The molecule has 2 rings (SSSR count). The third-order valence-corrected chi connectivity index (χ3v) is 3.06. The fourth-order valence-corrected chi connectivity index (χ4v) is 2.17. The molecule has 0 fully saturated rings. The minimum Gasteiger partial charge on any atom is -0.497 e. The summed E-state index contributed by atoms with van der Waals surface area (Å²) >= 11 is 4.51. The van der Waals surface area contributed by atoms with Gasteiger partial charge in [-0.15, -0.1) is 0 Å². The number of benzene rings is 1. The van der Waals surface area contributed by atoms with Gasteiger partial charge in [0.1, 0.15) is 5.75 Å². The molecule has 0 saturated heterocycles. The smallest absolute Gasteiger partial charge is 0.119 e. The second-order valence-corrected chi connectivity index (χ2v) is 4.26. The van der Waals surface area contributed by atoms with Gasteiger partial charge in [0.05, 0.1) is 7.11 Å². The molecule has 1 aromatic rings. The monoisotopic (exact) mass is 194 g/mol. The van der Waals surface area contributed by atoms with E-state index in [4.69, 9.17) is 4.74 Å². The Bertz CT molecular complexity index is 309. The minimum atomic E-state index is 0.527. The van der Waals surface area contributed by atoms with Crippen molar-refractivity contribution in [3.63, 3.8) is 0 Å². The van der Waals surface area contributed by atoms with Crippen LogP contribution >= 0.6 is 12.6 Å². The summed E-state index contributed by atoms with van der Waals surface area (Å²) in [5.41, 5.74) is 2.87. The summed E-state index contributed by atoms with van der Waals surface area (Å²) in [4.78, 5) is 0. The van der Waals surface area contributed by atoms with Crippen LogP contribution in [0.5, 0.6) is 5.75 Å². The van der Waals surface area contributed by atoms with Crippen molar-refractivity contribution in [2.24, 2.45) is 0 Å². The van der Waals surface area contributed by atoms with E-state index in [1.54, 1.807) is 7.11 Å². The van der Waals surface area contributed by atoms with Crippen molar-refractivity contribution >= 4 is 12.6 Å². The predicted molar refractivity (Wildman–Crippen MR) is 57.8 cm³/mol. The van der Waals surface area contributed by atoms with E-state index in [2.05, 4.69) is 24.8 Å². The number of aryl methyl sites for hydroxylation is 1. The molecule has 0 N–H and O–H groups in total. The topological polar surface area (TPSA) is 9.23 Å². The molecule has 0 aliphatic heterocycles. The first kappa shape index (κ1) is 8.95. The van der Waals surface area contributed by atoms with Crippen molar-refractivity contribution in [1.82, 2.24) is 0 Å². The Labute approximate surface area is 84.5 Å². The summed E-state index contributed by atoms with van der Waals surface area (Å²) in [7, 11) is 1.71. The van der Waals surface area contributed by atoms with Crippen LogP contribution < -0.4 is 4.74 Å².